The van der Waals surface area contributed by atoms with Gasteiger partial charge >= 0.3 is 5.97 Å². The third-order valence-electron chi connectivity index (χ3n) is 1.69. The highest BCUT2D eigenvalue weighted by Gasteiger charge is 2.22. The number of nitro benzene ring substituents is 1. The molecular formula is C8H6ClNO4. The van der Waals surface area contributed by atoms with Crippen LogP contribution in [0.2, 0.25) is 5.02 Å². The second-order valence-electron chi connectivity index (χ2n) is 2.68. The normalized spacial score (nSPS) is 9.86. The molecule has 0 amide bonds. The third kappa shape index (κ3) is 1.82. The molecule has 0 fully saturated rings. The summed E-state index contributed by atoms with van der Waals surface area (Å²) in [4.78, 5) is 20.5. The lowest BCUT2D eigenvalue weighted by Gasteiger charge is -2.02. The minimum absolute atomic E-state index is 0.152. The second kappa shape index (κ2) is 3.63. The number of carboxylic acid groups (broad SMARTS) is 1. The SMILES string of the molecule is Cc1cc(Cl)cc([N+](=O)[O-])c1C(=O)O. The summed E-state index contributed by atoms with van der Waals surface area (Å²) in [6.45, 7) is 1.46. The Morgan fingerprint density at radius 1 is 1.57 bits per heavy atom. The molecule has 0 aromatic heterocycles. The molecule has 0 aliphatic heterocycles. The number of carboxylic acids is 1. The lowest BCUT2D eigenvalue weighted by Crippen LogP contribution is -2.05. The fraction of sp³-hybridized carbons (Fsp3) is 0.125. The van der Waals surface area contributed by atoms with Crippen LogP contribution in [0.1, 0.15) is 15.9 Å². The molecular weight excluding hydrogens is 210 g/mol. The number of hydrogen-bond acceptors (Lipinski definition) is 3. The Kier molecular flexibility index (Phi) is 2.71. The Morgan fingerprint density at radius 2 is 2.14 bits per heavy atom. The van der Waals surface area contributed by atoms with Crippen LogP contribution >= 0.6 is 11.6 Å². The van der Waals surface area contributed by atoms with Crippen molar-refractivity contribution in [2.75, 3.05) is 0 Å². The summed E-state index contributed by atoms with van der Waals surface area (Å²) >= 11 is 5.57. The zero-order valence-corrected chi connectivity index (χ0v) is 7.91. The highest BCUT2D eigenvalue weighted by Crippen LogP contribution is 2.26. The largest absolute Gasteiger partial charge is 0.477 e. The Morgan fingerprint density at radius 3 is 2.57 bits per heavy atom. The average Bonchev–Trinajstić information content (AvgIpc) is 2.01. The molecule has 14 heavy (non-hydrogen) atoms. The predicted octanol–water partition coefficient (Wildman–Crippen LogP) is 2.25. The maximum Gasteiger partial charge on any atom is 0.343 e. The van der Waals surface area contributed by atoms with Crippen LogP contribution in [0.25, 0.3) is 0 Å². The molecule has 0 unspecified atom stereocenters. The fourth-order valence-corrected chi connectivity index (χ4v) is 1.41. The van der Waals surface area contributed by atoms with Crippen LogP contribution in [0.5, 0.6) is 0 Å². The van der Waals surface area contributed by atoms with Gasteiger partial charge in [0.2, 0.25) is 0 Å². The first-order valence-corrected chi connectivity index (χ1v) is 3.99. The Bertz CT molecular complexity index is 416. The highest BCUT2D eigenvalue weighted by molar-refractivity contribution is 6.31. The number of rotatable bonds is 2. The van der Waals surface area contributed by atoms with Gasteiger partial charge in [0.15, 0.2) is 0 Å². The number of hydrogen-bond donors (Lipinski definition) is 1. The molecule has 0 heterocycles. The van der Waals surface area contributed by atoms with Gasteiger partial charge in [0, 0.05) is 11.1 Å². The minimum atomic E-state index is -1.33. The second-order valence-corrected chi connectivity index (χ2v) is 3.12. The lowest BCUT2D eigenvalue weighted by atomic mass is 10.1. The number of benzene rings is 1. The van der Waals surface area contributed by atoms with Crippen molar-refractivity contribution in [1.29, 1.82) is 0 Å². The maximum atomic E-state index is 10.7. The fourth-order valence-electron chi connectivity index (χ4n) is 1.15. The summed E-state index contributed by atoms with van der Waals surface area (Å²) in [5, 5.41) is 19.4. The summed E-state index contributed by atoms with van der Waals surface area (Å²) in [6.07, 6.45) is 0. The van der Waals surface area contributed by atoms with Crippen LogP contribution in [0.3, 0.4) is 0 Å². The quantitative estimate of drug-likeness (QED) is 0.606. The molecule has 6 heteroatoms. The molecule has 0 radical (unpaired) electrons. The van der Waals surface area contributed by atoms with Gasteiger partial charge in [-0.3, -0.25) is 10.1 Å². The van der Waals surface area contributed by atoms with Crippen LogP contribution in [0.15, 0.2) is 12.1 Å². The molecule has 0 saturated heterocycles. The average molecular weight is 216 g/mol. The van der Waals surface area contributed by atoms with Gasteiger partial charge in [-0.1, -0.05) is 11.6 Å². The van der Waals surface area contributed by atoms with Gasteiger partial charge in [0.1, 0.15) is 5.56 Å². The van der Waals surface area contributed by atoms with Gasteiger partial charge in [-0.2, -0.15) is 0 Å². The molecule has 5 nitrogen and oxygen atoms in total. The van der Waals surface area contributed by atoms with Gasteiger partial charge < -0.3 is 5.11 Å². The topological polar surface area (TPSA) is 80.4 Å². The summed E-state index contributed by atoms with van der Waals surface area (Å²) < 4.78 is 0. The number of nitro groups is 1. The smallest absolute Gasteiger partial charge is 0.343 e. The van der Waals surface area contributed by atoms with Crippen molar-refractivity contribution in [2.24, 2.45) is 0 Å². The number of aryl methyl sites for hydroxylation is 1. The monoisotopic (exact) mass is 215 g/mol. The number of nitrogens with zero attached hydrogens (tertiary/aromatic N) is 1. The van der Waals surface area contributed by atoms with Crippen molar-refractivity contribution >= 4 is 23.3 Å². The van der Waals surface area contributed by atoms with E-state index >= 15 is 0 Å². The Hall–Kier alpha value is -1.62. The highest BCUT2D eigenvalue weighted by atomic mass is 35.5. The Balaban J connectivity index is 3.52. The summed E-state index contributed by atoms with van der Waals surface area (Å²) in [7, 11) is 0. The predicted molar refractivity (Wildman–Crippen MR) is 49.8 cm³/mol. The van der Waals surface area contributed by atoms with Crippen molar-refractivity contribution in [3.05, 3.63) is 38.4 Å². The molecule has 0 bridgehead atoms. The summed E-state index contributed by atoms with van der Waals surface area (Å²) in [6, 6.07) is 2.40. The van der Waals surface area contributed by atoms with E-state index < -0.39 is 16.6 Å². The molecule has 0 atom stereocenters. The van der Waals surface area contributed by atoms with E-state index in [0.717, 1.165) is 6.07 Å². The lowest BCUT2D eigenvalue weighted by molar-refractivity contribution is -0.385. The zero-order valence-electron chi connectivity index (χ0n) is 7.15. The molecule has 1 rings (SSSR count). The van der Waals surface area contributed by atoms with E-state index in [1.165, 1.54) is 13.0 Å². The van der Waals surface area contributed by atoms with Crippen molar-refractivity contribution in [2.45, 2.75) is 6.92 Å². The van der Waals surface area contributed by atoms with Gasteiger partial charge in [-0.05, 0) is 18.6 Å². The molecule has 1 aromatic rings. The van der Waals surface area contributed by atoms with E-state index in [1.54, 1.807) is 0 Å². The maximum absolute atomic E-state index is 10.7. The summed E-state index contributed by atoms with van der Waals surface area (Å²) in [5.74, 6) is -1.33. The van der Waals surface area contributed by atoms with Crippen molar-refractivity contribution in [3.8, 4) is 0 Å². The molecule has 0 saturated carbocycles. The minimum Gasteiger partial charge on any atom is -0.477 e. The van der Waals surface area contributed by atoms with Crippen LogP contribution in [-0.4, -0.2) is 16.0 Å². The van der Waals surface area contributed by atoms with Crippen molar-refractivity contribution in [3.63, 3.8) is 0 Å². The molecule has 74 valence electrons. The van der Waals surface area contributed by atoms with Crippen molar-refractivity contribution < 1.29 is 14.8 Å². The van der Waals surface area contributed by atoms with E-state index in [2.05, 4.69) is 0 Å². The van der Waals surface area contributed by atoms with E-state index in [0.29, 0.717) is 0 Å². The Labute approximate surface area is 84.1 Å². The van der Waals surface area contributed by atoms with Gasteiger partial charge in [0.25, 0.3) is 5.69 Å². The van der Waals surface area contributed by atoms with Gasteiger partial charge in [-0.25, -0.2) is 4.79 Å². The van der Waals surface area contributed by atoms with E-state index in [4.69, 9.17) is 16.7 Å². The van der Waals surface area contributed by atoms with Crippen LogP contribution in [0.4, 0.5) is 5.69 Å². The molecule has 0 aliphatic carbocycles. The molecule has 0 spiro atoms. The van der Waals surface area contributed by atoms with Crippen molar-refractivity contribution in [1.82, 2.24) is 0 Å². The van der Waals surface area contributed by atoms with E-state index in [-0.39, 0.29) is 16.1 Å². The number of carbonyl (C=O) groups is 1. The van der Waals surface area contributed by atoms with E-state index in [9.17, 15) is 14.9 Å². The standard InChI is InChI=1S/C8H6ClNO4/c1-4-2-5(9)3-6(10(13)14)7(4)8(11)12/h2-3H,1H3,(H,11,12). The van der Waals surface area contributed by atoms with Gasteiger partial charge in [0.05, 0.1) is 4.92 Å². The molecule has 1 aromatic carbocycles. The van der Waals surface area contributed by atoms with E-state index in [1.807, 2.05) is 0 Å². The third-order valence-corrected chi connectivity index (χ3v) is 1.91. The van der Waals surface area contributed by atoms with Gasteiger partial charge in [-0.15, -0.1) is 0 Å². The van der Waals surface area contributed by atoms with Crippen LogP contribution in [-0.2, 0) is 0 Å². The molecule has 1 N–H and O–H groups in total. The number of aromatic carboxylic acids is 1. The van der Waals surface area contributed by atoms with Crippen LogP contribution in [0, 0.1) is 17.0 Å². The zero-order chi connectivity index (χ0) is 10.9. The first-order valence-electron chi connectivity index (χ1n) is 3.61. The first kappa shape index (κ1) is 10.5. The summed E-state index contributed by atoms with van der Waals surface area (Å²) in [5.41, 5.74) is -0.529. The van der Waals surface area contributed by atoms with Crippen LogP contribution < -0.4 is 0 Å². The number of halogens is 1. The molecule has 0 aliphatic rings. The first-order chi connectivity index (χ1) is 6.43.